The predicted molar refractivity (Wildman–Crippen MR) is 136 cm³/mol. The monoisotopic (exact) mass is 519 g/mol. The molecule has 1 fully saturated rings. The van der Waals surface area contributed by atoms with Gasteiger partial charge in [0, 0.05) is 27.0 Å². The molecule has 1 aromatic heterocycles. The van der Waals surface area contributed by atoms with Crippen LogP contribution in [0.4, 0.5) is 11.4 Å². The predicted octanol–water partition coefficient (Wildman–Crippen LogP) is 6.22. The summed E-state index contributed by atoms with van der Waals surface area (Å²) in [4.78, 5) is 33.4. The molecule has 4 rings (SSSR count). The number of hydrogen-bond donors (Lipinski definition) is 1. The molecule has 2 aromatic carbocycles. The Kier molecular flexibility index (Phi) is 7.60. The Labute approximate surface area is 209 Å². The van der Waals surface area contributed by atoms with Gasteiger partial charge in [-0.25, -0.2) is 4.99 Å². The lowest BCUT2D eigenvalue weighted by atomic mass is 10.2. The lowest BCUT2D eigenvalue weighted by Crippen LogP contribution is -2.44. The van der Waals surface area contributed by atoms with E-state index in [2.05, 4.69) is 10.3 Å². The molecule has 33 heavy (non-hydrogen) atoms. The number of anilines is 1. The fraction of sp³-hybridized carbons (Fsp3) is 0.174. The fourth-order valence-electron chi connectivity index (χ4n) is 3.17. The second-order valence-electron chi connectivity index (χ2n) is 7.11. The van der Waals surface area contributed by atoms with E-state index in [1.807, 2.05) is 17.5 Å². The summed E-state index contributed by atoms with van der Waals surface area (Å²) in [7, 11) is 1.59. The highest BCUT2D eigenvalue weighted by molar-refractivity contribution is 8.15. The van der Waals surface area contributed by atoms with Gasteiger partial charge in [0.1, 0.15) is 11.0 Å². The summed E-state index contributed by atoms with van der Waals surface area (Å²) in [5, 5.41) is 5.41. The number of thioether (sulfide) groups is 1. The Hall–Kier alpha value is -2.52. The number of halogens is 2. The third-order valence-electron chi connectivity index (χ3n) is 4.75. The normalized spacial score (nSPS) is 17.3. The van der Waals surface area contributed by atoms with E-state index >= 15 is 0 Å². The van der Waals surface area contributed by atoms with Gasteiger partial charge in [-0.2, -0.15) is 0 Å². The van der Waals surface area contributed by atoms with Crippen LogP contribution in [0.5, 0.6) is 5.75 Å². The Morgan fingerprint density at radius 3 is 2.55 bits per heavy atom. The molecule has 10 heteroatoms. The zero-order valence-corrected chi connectivity index (χ0v) is 20.6. The van der Waals surface area contributed by atoms with Crippen molar-refractivity contribution in [1.29, 1.82) is 0 Å². The maximum atomic E-state index is 13.1. The van der Waals surface area contributed by atoms with E-state index in [0.717, 1.165) is 4.88 Å². The molecule has 2 heterocycles. The van der Waals surface area contributed by atoms with Crippen LogP contribution in [0.1, 0.15) is 11.3 Å². The van der Waals surface area contributed by atoms with Gasteiger partial charge in [0.25, 0.3) is 0 Å². The van der Waals surface area contributed by atoms with E-state index in [0.29, 0.717) is 38.9 Å². The molecule has 2 amide bonds. The molecule has 1 saturated heterocycles. The van der Waals surface area contributed by atoms with E-state index in [9.17, 15) is 9.59 Å². The van der Waals surface area contributed by atoms with E-state index in [-0.39, 0.29) is 18.2 Å². The van der Waals surface area contributed by atoms with E-state index in [1.54, 1.807) is 65.8 Å². The summed E-state index contributed by atoms with van der Waals surface area (Å²) in [6.45, 7) is 0.400. The average molecular weight is 520 g/mol. The zero-order chi connectivity index (χ0) is 23.4. The molecule has 3 aromatic rings. The number of aliphatic imine (C=N–C) groups is 1. The van der Waals surface area contributed by atoms with E-state index in [1.165, 1.54) is 11.8 Å². The number of rotatable bonds is 6. The first-order chi connectivity index (χ1) is 15.9. The SMILES string of the molecule is COc1ccc(N=C2SC(C(=O)Nc3cc(Cl)cc(Cl)c3)CC(=O)N2Cc2cccs2)cc1. The van der Waals surface area contributed by atoms with Gasteiger partial charge in [-0.05, 0) is 53.9 Å². The number of methoxy groups -OCH3 is 1. The van der Waals surface area contributed by atoms with Crippen molar-refractivity contribution in [2.75, 3.05) is 12.4 Å². The number of carbonyl (C=O) groups is 2. The largest absolute Gasteiger partial charge is 0.497 e. The molecule has 0 aliphatic carbocycles. The molecular formula is C23H19Cl2N3O3S2. The summed E-state index contributed by atoms with van der Waals surface area (Å²) in [6, 6.07) is 15.9. The number of hydrogen-bond acceptors (Lipinski definition) is 6. The molecule has 0 bridgehead atoms. The number of nitrogens with zero attached hydrogens (tertiary/aromatic N) is 2. The summed E-state index contributed by atoms with van der Waals surface area (Å²) < 4.78 is 5.20. The average Bonchev–Trinajstić information content (AvgIpc) is 3.29. The van der Waals surface area contributed by atoms with Crippen LogP contribution in [0.15, 0.2) is 65.0 Å². The molecule has 1 unspecified atom stereocenters. The molecule has 6 nitrogen and oxygen atoms in total. The summed E-state index contributed by atoms with van der Waals surface area (Å²) in [5.41, 5.74) is 1.13. The van der Waals surface area contributed by atoms with Crippen molar-refractivity contribution in [1.82, 2.24) is 4.90 Å². The van der Waals surface area contributed by atoms with Gasteiger partial charge in [-0.1, -0.05) is 41.0 Å². The number of benzene rings is 2. The molecule has 1 N–H and O–H groups in total. The second-order valence-corrected chi connectivity index (χ2v) is 10.2. The van der Waals surface area contributed by atoms with Crippen molar-refractivity contribution in [2.24, 2.45) is 4.99 Å². The van der Waals surface area contributed by atoms with Gasteiger partial charge < -0.3 is 10.1 Å². The topological polar surface area (TPSA) is 71.0 Å². The number of amides is 2. The van der Waals surface area contributed by atoms with Crippen molar-refractivity contribution in [3.63, 3.8) is 0 Å². The minimum absolute atomic E-state index is 0.0534. The third kappa shape index (κ3) is 6.09. The Morgan fingerprint density at radius 1 is 1.18 bits per heavy atom. The maximum absolute atomic E-state index is 13.1. The zero-order valence-electron chi connectivity index (χ0n) is 17.5. The fourth-order valence-corrected chi connectivity index (χ4v) is 5.49. The molecule has 0 radical (unpaired) electrons. The number of nitrogens with one attached hydrogen (secondary N) is 1. The van der Waals surface area contributed by atoms with Crippen molar-refractivity contribution in [3.05, 3.63) is 74.9 Å². The van der Waals surface area contributed by atoms with Gasteiger partial charge in [-0.3, -0.25) is 14.5 Å². The smallest absolute Gasteiger partial charge is 0.238 e. The first-order valence-electron chi connectivity index (χ1n) is 9.90. The highest BCUT2D eigenvalue weighted by atomic mass is 35.5. The van der Waals surface area contributed by atoms with Crippen LogP contribution in [0, 0.1) is 0 Å². The number of amidine groups is 1. The van der Waals surface area contributed by atoms with Gasteiger partial charge in [0.05, 0.1) is 19.3 Å². The first kappa shape index (κ1) is 23.6. The van der Waals surface area contributed by atoms with Crippen molar-refractivity contribution >= 4 is 74.7 Å². The van der Waals surface area contributed by atoms with Crippen molar-refractivity contribution in [3.8, 4) is 5.75 Å². The van der Waals surface area contributed by atoms with Crippen LogP contribution in [-0.4, -0.2) is 34.2 Å². The molecule has 1 atom stereocenters. The van der Waals surface area contributed by atoms with Crippen LogP contribution in [-0.2, 0) is 16.1 Å². The van der Waals surface area contributed by atoms with Crippen LogP contribution < -0.4 is 10.1 Å². The summed E-state index contributed by atoms with van der Waals surface area (Å²) in [5.74, 6) is 0.225. The number of ether oxygens (including phenoxy) is 1. The van der Waals surface area contributed by atoms with Gasteiger partial charge in [0.15, 0.2) is 5.17 Å². The van der Waals surface area contributed by atoms with Crippen LogP contribution >= 0.6 is 46.3 Å². The number of thiophene rings is 1. The van der Waals surface area contributed by atoms with Crippen molar-refractivity contribution in [2.45, 2.75) is 18.2 Å². The van der Waals surface area contributed by atoms with Gasteiger partial charge in [0.2, 0.25) is 11.8 Å². The quantitative estimate of drug-likeness (QED) is 0.419. The lowest BCUT2D eigenvalue weighted by molar-refractivity contribution is -0.129. The lowest BCUT2D eigenvalue weighted by Gasteiger charge is -2.31. The maximum Gasteiger partial charge on any atom is 0.238 e. The Balaban J connectivity index is 1.59. The molecule has 1 aliphatic rings. The third-order valence-corrected chi connectivity index (χ3v) is 7.24. The van der Waals surface area contributed by atoms with E-state index < -0.39 is 5.25 Å². The Morgan fingerprint density at radius 2 is 1.91 bits per heavy atom. The van der Waals surface area contributed by atoms with Crippen molar-refractivity contribution < 1.29 is 14.3 Å². The minimum Gasteiger partial charge on any atom is -0.497 e. The van der Waals surface area contributed by atoms with E-state index in [4.69, 9.17) is 27.9 Å². The highest BCUT2D eigenvalue weighted by Crippen LogP contribution is 2.32. The Bertz CT molecular complexity index is 1160. The molecule has 170 valence electrons. The van der Waals surface area contributed by atoms with Gasteiger partial charge in [-0.15, -0.1) is 11.3 Å². The highest BCUT2D eigenvalue weighted by Gasteiger charge is 2.36. The standard InChI is InChI=1S/C23H19Cl2N3O3S2/c1-31-18-6-4-16(5-7-18)27-23-28(13-19-3-2-8-32-19)21(29)12-20(33-23)22(30)26-17-10-14(24)9-15(25)11-17/h2-11,20H,12-13H2,1H3,(H,26,30). The molecular weight excluding hydrogens is 501 g/mol. The molecule has 1 aliphatic heterocycles. The first-order valence-corrected chi connectivity index (χ1v) is 12.4. The van der Waals surface area contributed by atoms with Crippen LogP contribution in [0.3, 0.4) is 0 Å². The summed E-state index contributed by atoms with van der Waals surface area (Å²) >= 11 is 14.9. The minimum atomic E-state index is -0.646. The second kappa shape index (κ2) is 10.6. The van der Waals surface area contributed by atoms with Gasteiger partial charge >= 0.3 is 0 Å². The van der Waals surface area contributed by atoms with Crippen LogP contribution in [0.2, 0.25) is 10.0 Å². The van der Waals surface area contributed by atoms with Crippen LogP contribution in [0.25, 0.3) is 0 Å². The summed E-state index contributed by atoms with van der Waals surface area (Å²) in [6.07, 6.45) is 0.0534. The molecule has 0 saturated carbocycles. The number of carbonyl (C=O) groups excluding carboxylic acids is 2. The molecule has 0 spiro atoms.